The molecule has 3 heterocycles. The van der Waals surface area contributed by atoms with Crippen LogP contribution in [0.3, 0.4) is 0 Å². The highest BCUT2D eigenvalue weighted by Gasteiger charge is 2.31. The molecule has 0 N–H and O–H groups in total. The van der Waals surface area contributed by atoms with Crippen molar-refractivity contribution in [3.05, 3.63) is 35.0 Å². The first-order valence-electron chi connectivity index (χ1n) is 7.35. The molecule has 0 spiro atoms. The minimum absolute atomic E-state index is 0.237. The van der Waals surface area contributed by atoms with Crippen LogP contribution in [0.15, 0.2) is 24.3 Å². The van der Waals surface area contributed by atoms with E-state index >= 15 is 0 Å². The SMILES string of the molecule is FC(F)(F)Oc1cccc(-c2nnc3c4c(c(Cl)nn23)CCCO4)c1. The first kappa shape index (κ1) is 15.9. The van der Waals surface area contributed by atoms with Crippen LogP contribution in [0.4, 0.5) is 13.2 Å². The zero-order valence-electron chi connectivity index (χ0n) is 12.5. The van der Waals surface area contributed by atoms with Crippen LogP contribution in [0.5, 0.6) is 11.5 Å². The summed E-state index contributed by atoms with van der Waals surface area (Å²) < 4.78 is 48.2. The van der Waals surface area contributed by atoms with Gasteiger partial charge in [-0.25, -0.2) is 0 Å². The van der Waals surface area contributed by atoms with E-state index in [0.717, 1.165) is 18.4 Å². The van der Waals surface area contributed by atoms with Gasteiger partial charge in [-0.3, -0.25) is 0 Å². The number of alkyl halides is 3. The lowest BCUT2D eigenvalue weighted by molar-refractivity contribution is -0.274. The molecule has 3 aromatic rings. The third kappa shape index (κ3) is 2.95. The van der Waals surface area contributed by atoms with E-state index in [1.807, 2.05) is 0 Å². The van der Waals surface area contributed by atoms with Crippen molar-refractivity contribution in [2.45, 2.75) is 19.2 Å². The molecule has 0 amide bonds. The average molecular weight is 371 g/mol. The van der Waals surface area contributed by atoms with Gasteiger partial charge >= 0.3 is 6.36 Å². The van der Waals surface area contributed by atoms with E-state index in [1.165, 1.54) is 22.7 Å². The highest BCUT2D eigenvalue weighted by Crippen LogP contribution is 2.35. The normalized spacial score (nSPS) is 14.2. The van der Waals surface area contributed by atoms with Crippen LogP contribution < -0.4 is 9.47 Å². The van der Waals surface area contributed by atoms with Crippen LogP contribution in [0.25, 0.3) is 17.0 Å². The Kier molecular flexibility index (Phi) is 3.68. The molecule has 0 unspecified atom stereocenters. The molecule has 1 aromatic carbocycles. The maximum atomic E-state index is 12.4. The van der Waals surface area contributed by atoms with Gasteiger partial charge in [0.05, 0.1) is 6.61 Å². The van der Waals surface area contributed by atoms with Crippen LogP contribution >= 0.6 is 11.6 Å². The second kappa shape index (κ2) is 5.76. The Bertz CT molecular complexity index is 958. The lowest BCUT2D eigenvalue weighted by Gasteiger charge is -2.17. The quantitative estimate of drug-likeness (QED) is 0.689. The molecule has 2 aromatic heterocycles. The summed E-state index contributed by atoms with van der Waals surface area (Å²) >= 11 is 6.21. The highest BCUT2D eigenvalue weighted by molar-refractivity contribution is 6.30. The van der Waals surface area contributed by atoms with Gasteiger partial charge < -0.3 is 9.47 Å². The Morgan fingerprint density at radius 2 is 2.08 bits per heavy atom. The zero-order chi connectivity index (χ0) is 17.6. The molecule has 0 radical (unpaired) electrons. The zero-order valence-corrected chi connectivity index (χ0v) is 13.3. The molecule has 25 heavy (non-hydrogen) atoms. The standard InChI is InChI=1S/C15H10ClF3N4O2/c16-12-10-5-2-6-24-11(10)14-21-20-13(23(14)22-12)8-3-1-4-9(7-8)25-15(17,18)19/h1,3-4,7H,2,5-6H2. The number of benzene rings is 1. The summed E-state index contributed by atoms with van der Waals surface area (Å²) in [5, 5.41) is 12.6. The summed E-state index contributed by atoms with van der Waals surface area (Å²) in [6, 6.07) is 5.41. The van der Waals surface area contributed by atoms with Crippen molar-refractivity contribution in [1.82, 2.24) is 19.8 Å². The molecular weight excluding hydrogens is 361 g/mol. The van der Waals surface area contributed by atoms with Crippen LogP contribution in [0.1, 0.15) is 12.0 Å². The summed E-state index contributed by atoms with van der Waals surface area (Å²) in [4.78, 5) is 0. The monoisotopic (exact) mass is 370 g/mol. The number of halogens is 4. The Hall–Kier alpha value is -2.55. The van der Waals surface area contributed by atoms with Crippen LogP contribution in [0, 0.1) is 0 Å². The molecule has 0 fully saturated rings. The molecule has 0 aliphatic carbocycles. The molecule has 1 aliphatic rings. The van der Waals surface area contributed by atoms with Gasteiger partial charge in [-0.1, -0.05) is 23.7 Å². The molecule has 0 atom stereocenters. The molecule has 0 saturated carbocycles. The Morgan fingerprint density at radius 1 is 1.24 bits per heavy atom. The van der Waals surface area contributed by atoms with E-state index in [1.54, 1.807) is 6.07 Å². The van der Waals surface area contributed by atoms with Gasteiger partial charge in [-0.2, -0.15) is 9.61 Å². The number of aromatic nitrogens is 4. The van der Waals surface area contributed by atoms with Gasteiger partial charge in [0.1, 0.15) is 5.75 Å². The molecule has 1 aliphatic heterocycles. The van der Waals surface area contributed by atoms with E-state index in [-0.39, 0.29) is 16.7 Å². The maximum Gasteiger partial charge on any atom is 0.573 e. The summed E-state index contributed by atoms with van der Waals surface area (Å²) in [6.45, 7) is 0.528. The summed E-state index contributed by atoms with van der Waals surface area (Å²) in [7, 11) is 0. The maximum absolute atomic E-state index is 12.4. The van der Waals surface area contributed by atoms with Gasteiger partial charge in [0.15, 0.2) is 16.7 Å². The molecule has 0 saturated heterocycles. The molecule has 10 heteroatoms. The number of nitrogens with zero attached hydrogens (tertiary/aromatic N) is 4. The lowest BCUT2D eigenvalue weighted by Crippen LogP contribution is -2.17. The fourth-order valence-corrected chi connectivity index (χ4v) is 2.95. The van der Waals surface area contributed by atoms with E-state index in [4.69, 9.17) is 16.3 Å². The highest BCUT2D eigenvalue weighted by atomic mass is 35.5. The molecule has 6 nitrogen and oxygen atoms in total. The summed E-state index contributed by atoms with van der Waals surface area (Å²) in [6.07, 6.45) is -3.24. The fraction of sp³-hybridized carbons (Fsp3) is 0.267. The smallest absolute Gasteiger partial charge is 0.489 e. The van der Waals surface area contributed by atoms with Crippen molar-refractivity contribution in [3.8, 4) is 22.9 Å². The topological polar surface area (TPSA) is 61.5 Å². The minimum Gasteiger partial charge on any atom is -0.489 e. The van der Waals surface area contributed by atoms with Crippen molar-refractivity contribution in [1.29, 1.82) is 0 Å². The van der Waals surface area contributed by atoms with Crippen molar-refractivity contribution in [2.24, 2.45) is 0 Å². The third-order valence-corrected chi connectivity index (χ3v) is 4.00. The Labute approximate surface area is 144 Å². The first-order chi connectivity index (χ1) is 11.9. The van der Waals surface area contributed by atoms with Crippen molar-refractivity contribution in [2.75, 3.05) is 6.61 Å². The molecule has 0 bridgehead atoms. The predicted molar refractivity (Wildman–Crippen MR) is 81.7 cm³/mol. The van der Waals surface area contributed by atoms with Gasteiger partial charge in [0, 0.05) is 11.1 Å². The largest absolute Gasteiger partial charge is 0.573 e. The van der Waals surface area contributed by atoms with Gasteiger partial charge in [-0.05, 0) is 25.0 Å². The molecular formula is C15H10ClF3N4O2. The van der Waals surface area contributed by atoms with Crippen LogP contribution in [-0.4, -0.2) is 32.8 Å². The van der Waals surface area contributed by atoms with Gasteiger partial charge in [-0.15, -0.1) is 23.4 Å². The van der Waals surface area contributed by atoms with Crippen LogP contribution in [0.2, 0.25) is 5.15 Å². The second-order valence-corrected chi connectivity index (χ2v) is 5.74. The van der Waals surface area contributed by atoms with E-state index in [0.29, 0.717) is 23.6 Å². The first-order valence-corrected chi connectivity index (χ1v) is 7.73. The number of ether oxygens (including phenoxy) is 2. The second-order valence-electron chi connectivity index (χ2n) is 5.39. The van der Waals surface area contributed by atoms with Crippen molar-refractivity contribution >= 4 is 17.2 Å². The van der Waals surface area contributed by atoms with E-state index in [2.05, 4.69) is 20.0 Å². The fourth-order valence-electron chi connectivity index (χ4n) is 2.70. The van der Waals surface area contributed by atoms with Gasteiger partial charge in [0.25, 0.3) is 0 Å². The Balaban J connectivity index is 1.83. The summed E-state index contributed by atoms with van der Waals surface area (Å²) in [5.41, 5.74) is 1.48. The molecule has 4 rings (SSSR count). The number of hydrogen-bond donors (Lipinski definition) is 0. The lowest BCUT2D eigenvalue weighted by atomic mass is 10.1. The van der Waals surface area contributed by atoms with Gasteiger partial charge in [0.2, 0.25) is 5.65 Å². The predicted octanol–water partition coefficient (Wildman–Crippen LogP) is 3.67. The van der Waals surface area contributed by atoms with Crippen molar-refractivity contribution in [3.63, 3.8) is 0 Å². The third-order valence-electron chi connectivity index (χ3n) is 3.70. The molecule has 130 valence electrons. The number of hydrogen-bond acceptors (Lipinski definition) is 5. The van der Waals surface area contributed by atoms with Crippen LogP contribution in [-0.2, 0) is 6.42 Å². The average Bonchev–Trinajstić information content (AvgIpc) is 2.98. The minimum atomic E-state index is -4.78. The number of rotatable bonds is 2. The number of fused-ring (bicyclic) bond motifs is 3. The van der Waals surface area contributed by atoms with Crippen molar-refractivity contribution < 1.29 is 22.6 Å². The summed E-state index contributed by atoms with van der Waals surface area (Å²) in [5.74, 6) is 0.385. The Morgan fingerprint density at radius 3 is 2.88 bits per heavy atom. The van der Waals surface area contributed by atoms with E-state index < -0.39 is 6.36 Å². The van der Waals surface area contributed by atoms with E-state index in [9.17, 15) is 13.2 Å².